The molecule has 0 saturated carbocycles. The zero-order valence-corrected chi connectivity index (χ0v) is 13.7. The summed E-state index contributed by atoms with van der Waals surface area (Å²) in [6.07, 6.45) is 0.461. The molecule has 0 fully saturated rings. The molecule has 22 heavy (non-hydrogen) atoms. The number of hydrogen-bond acceptors (Lipinski definition) is 1. The van der Waals surface area contributed by atoms with Crippen molar-refractivity contribution in [2.75, 3.05) is 0 Å². The molecule has 0 aromatic heterocycles. The highest BCUT2D eigenvalue weighted by Gasteiger charge is 2.06. The van der Waals surface area contributed by atoms with Gasteiger partial charge in [0.05, 0.1) is 0 Å². The third-order valence-electron chi connectivity index (χ3n) is 3.04. The number of carbonyl (C=O) groups excluding carboxylic acids is 1. The van der Waals surface area contributed by atoms with Crippen LogP contribution in [0, 0.1) is 0 Å². The van der Waals surface area contributed by atoms with Crippen LogP contribution < -0.4 is 0 Å². The lowest BCUT2D eigenvalue weighted by Crippen LogP contribution is -2.02. The number of carbonyl (C=O) groups is 1. The Kier molecular flexibility index (Phi) is 6.59. The Morgan fingerprint density at radius 3 is 1.64 bits per heavy atom. The van der Waals surface area contributed by atoms with Crippen LogP contribution in [0.2, 0.25) is 0 Å². The highest BCUT2D eigenvalue weighted by Crippen LogP contribution is 2.12. The molecule has 2 heteroatoms. The van der Waals surface area contributed by atoms with E-state index in [0.717, 1.165) is 15.6 Å². The minimum atomic E-state index is 0.152. The number of halogens is 1. The number of benzene rings is 3. The number of hydrogen-bond donors (Lipinski definition) is 0. The van der Waals surface area contributed by atoms with Gasteiger partial charge < -0.3 is 0 Å². The number of ketones is 1. The third-order valence-corrected chi connectivity index (χ3v) is 3.57. The molecule has 110 valence electrons. The standard InChI is InChI=1S/C14H11BrO.C6H6/c15-13-8-6-12(7-9-13)14(16)10-11-4-2-1-3-5-11;1-2-4-6-5-3-1/h1-9H,10H2;1-6H. The van der Waals surface area contributed by atoms with E-state index >= 15 is 0 Å². The molecule has 0 atom stereocenters. The van der Waals surface area contributed by atoms with Crippen molar-refractivity contribution in [3.8, 4) is 0 Å². The molecule has 3 aromatic rings. The monoisotopic (exact) mass is 352 g/mol. The highest BCUT2D eigenvalue weighted by atomic mass is 79.9. The van der Waals surface area contributed by atoms with Crippen LogP contribution in [0.4, 0.5) is 0 Å². The number of Topliss-reactive ketones (excluding diaryl/α,β-unsaturated/α-hetero) is 1. The minimum Gasteiger partial charge on any atom is -0.294 e. The molecule has 3 rings (SSSR count). The van der Waals surface area contributed by atoms with Gasteiger partial charge in [0.15, 0.2) is 5.78 Å². The average Bonchev–Trinajstić information content (AvgIpc) is 2.58. The lowest BCUT2D eigenvalue weighted by Gasteiger charge is -2.01. The zero-order chi connectivity index (χ0) is 15.6. The Morgan fingerprint density at radius 2 is 1.14 bits per heavy atom. The van der Waals surface area contributed by atoms with Crippen molar-refractivity contribution in [2.45, 2.75) is 6.42 Å². The summed E-state index contributed by atoms with van der Waals surface area (Å²) in [4.78, 5) is 11.9. The van der Waals surface area contributed by atoms with Gasteiger partial charge in [-0.1, -0.05) is 94.8 Å². The van der Waals surface area contributed by atoms with E-state index in [0.29, 0.717) is 6.42 Å². The molecule has 0 bridgehead atoms. The van der Waals surface area contributed by atoms with Gasteiger partial charge in [-0.05, 0) is 17.7 Å². The van der Waals surface area contributed by atoms with E-state index in [1.54, 1.807) is 0 Å². The molecule has 0 radical (unpaired) electrons. The van der Waals surface area contributed by atoms with Crippen LogP contribution in [-0.2, 0) is 6.42 Å². The van der Waals surface area contributed by atoms with Crippen LogP contribution in [0.5, 0.6) is 0 Å². The van der Waals surface area contributed by atoms with Crippen LogP contribution in [0.1, 0.15) is 15.9 Å². The Morgan fingerprint density at radius 1 is 0.682 bits per heavy atom. The molecule has 0 unspecified atom stereocenters. The minimum absolute atomic E-state index is 0.152. The highest BCUT2D eigenvalue weighted by molar-refractivity contribution is 9.10. The predicted octanol–water partition coefficient (Wildman–Crippen LogP) is 5.56. The summed E-state index contributed by atoms with van der Waals surface area (Å²) in [6, 6.07) is 29.2. The van der Waals surface area contributed by atoms with Crippen LogP contribution >= 0.6 is 15.9 Å². The van der Waals surface area contributed by atoms with Crippen LogP contribution in [0.3, 0.4) is 0 Å². The zero-order valence-electron chi connectivity index (χ0n) is 12.2. The molecule has 0 heterocycles. The molecule has 0 N–H and O–H groups in total. The predicted molar refractivity (Wildman–Crippen MR) is 95.1 cm³/mol. The van der Waals surface area contributed by atoms with Crippen molar-refractivity contribution in [1.82, 2.24) is 0 Å². The summed E-state index contributed by atoms with van der Waals surface area (Å²) in [6.45, 7) is 0. The smallest absolute Gasteiger partial charge is 0.167 e. The lowest BCUT2D eigenvalue weighted by atomic mass is 10.0. The Hall–Kier alpha value is -2.19. The second kappa shape index (κ2) is 8.96. The largest absolute Gasteiger partial charge is 0.294 e. The van der Waals surface area contributed by atoms with E-state index < -0.39 is 0 Å². The molecular weight excluding hydrogens is 336 g/mol. The van der Waals surface area contributed by atoms with Crippen LogP contribution in [-0.4, -0.2) is 5.78 Å². The fourth-order valence-corrected chi connectivity index (χ4v) is 2.17. The quantitative estimate of drug-likeness (QED) is 0.563. The van der Waals surface area contributed by atoms with Gasteiger partial charge in [0.1, 0.15) is 0 Å². The van der Waals surface area contributed by atoms with Crippen molar-refractivity contribution in [3.05, 3.63) is 107 Å². The van der Waals surface area contributed by atoms with Gasteiger partial charge in [-0.25, -0.2) is 0 Å². The lowest BCUT2D eigenvalue weighted by molar-refractivity contribution is 0.0993. The normalized spacial score (nSPS) is 9.50. The Labute approximate surface area is 139 Å². The van der Waals surface area contributed by atoms with E-state index in [9.17, 15) is 4.79 Å². The molecule has 0 aliphatic heterocycles. The van der Waals surface area contributed by atoms with Crippen LogP contribution in [0.15, 0.2) is 95.5 Å². The molecule has 0 spiro atoms. The van der Waals surface area contributed by atoms with E-state index in [-0.39, 0.29) is 5.78 Å². The topological polar surface area (TPSA) is 17.1 Å². The summed E-state index contributed by atoms with van der Waals surface area (Å²) < 4.78 is 0.990. The first-order valence-electron chi connectivity index (χ1n) is 7.08. The second-order valence-corrected chi connectivity index (χ2v) is 5.66. The van der Waals surface area contributed by atoms with Crippen molar-refractivity contribution in [1.29, 1.82) is 0 Å². The summed E-state index contributed by atoms with van der Waals surface area (Å²) in [7, 11) is 0. The van der Waals surface area contributed by atoms with E-state index in [1.165, 1.54) is 0 Å². The summed E-state index contributed by atoms with van der Waals surface area (Å²) in [5, 5.41) is 0. The van der Waals surface area contributed by atoms with Gasteiger partial charge in [-0.3, -0.25) is 4.79 Å². The molecule has 0 aliphatic rings. The second-order valence-electron chi connectivity index (χ2n) is 4.75. The van der Waals surface area contributed by atoms with Gasteiger partial charge >= 0.3 is 0 Å². The first kappa shape index (κ1) is 16.2. The first-order valence-corrected chi connectivity index (χ1v) is 7.88. The van der Waals surface area contributed by atoms with Crippen molar-refractivity contribution < 1.29 is 4.79 Å². The molecule has 0 amide bonds. The maximum absolute atomic E-state index is 11.9. The van der Waals surface area contributed by atoms with Gasteiger partial charge in [0, 0.05) is 16.5 Å². The van der Waals surface area contributed by atoms with E-state index in [2.05, 4.69) is 15.9 Å². The fraction of sp³-hybridized carbons (Fsp3) is 0.0500. The summed E-state index contributed by atoms with van der Waals surface area (Å²) in [5.41, 5.74) is 1.81. The molecular formula is C20H17BrO. The SMILES string of the molecule is O=C(Cc1ccccc1)c1ccc(Br)cc1.c1ccccc1. The first-order chi connectivity index (χ1) is 10.8. The Balaban J connectivity index is 0.000000246. The van der Waals surface area contributed by atoms with Crippen molar-refractivity contribution in [3.63, 3.8) is 0 Å². The third kappa shape index (κ3) is 5.66. The maximum Gasteiger partial charge on any atom is 0.167 e. The average molecular weight is 353 g/mol. The summed E-state index contributed by atoms with van der Waals surface area (Å²) >= 11 is 3.35. The summed E-state index contributed by atoms with van der Waals surface area (Å²) in [5.74, 6) is 0.152. The van der Waals surface area contributed by atoms with Crippen molar-refractivity contribution in [2.24, 2.45) is 0 Å². The molecule has 1 nitrogen and oxygen atoms in total. The van der Waals surface area contributed by atoms with E-state index in [1.807, 2.05) is 91.0 Å². The molecule has 0 saturated heterocycles. The van der Waals surface area contributed by atoms with Gasteiger partial charge in [-0.2, -0.15) is 0 Å². The van der Waals surface area contributed by atoms with Crippen LogP contribution in [0.25, 0.3) is 0 Å². The fourth-order valence-electron chi connectivity index (χ4n) is 1.90. The van der Waals surface area contributed by atoms with Gasteiger partial charge in [-0.15, -0.1) is 0 Å². The van der Waals surface area contributed by atoms with Crippen molar-refractivity contribution >= 4 is 21.7 Å². The number of rotatable bonds is 3. The van der Waals surface area contributed by atoms with E-state index in [4.69, 9.17) is 0 Å². The van der Waals surface area contributed by atoms with Gasteiger partial charge in [0.25, 0.3) is 0 Å². The van der Waals surface area contributed by atoms with Gasteiger partial charge in [0.2, 0.25) is 0 Å². The molecule has 3 aromatic carbocycles. The maximum atomic E-state index is 11.9. The Bertz CT molecular complexity index is 649. The molecule has 0 aliphatic carbocycles.